The first kappa shape index (κ1) is 16.8. The zero-order valence-electron chi connectivity index (χ0n) is 12.7. The van der Waals surface area contributed by atoms with E-state index in [1.165, 1.54) is 18.7 Å². The van der Waals surface area contributed by atoms with E-state index in [4.69, 9.17) is 0 Å². The number of nitriles is 2. The molecule has 0 spiro atoms. The molecule has 2 atom stereocenters. The van der Waals surface area contributed by atoms with E-state index in [9.17, 15) is 15.3 Å². The van der Waals surface area contributed by atoms with Gasteiger partial charge in [-0.2, -0.15) is 10.5 Å². The van der Waals surface area contributed by atoms with Crippen LogP contribution in [-0.4, -0.2) is 11.0 Å². The maximum Gasteiger partial charge on any atom is 0.143 e. The number of hydrogen-bond donors (Lipinski definition) is 0. The molecule has 4 heteroatoms. The number of carbonyl (C=O) groups is 1. The summed E-state index contributed by atoms with van der Waals surface area (Å²) < 4.78 is 0. The lowest BCUT2D eigenvalue weighted by Gasteiger charge is -2.26. The molecule has 0 radical (unpaired) electrons. The van der Waals surface area contributed by atoms with Gasteiger partial charge in [-0.1, -0.05) is 48.5 Å². The fourth-order valence-corrected chi connectivity index (χ4v) is 3.70. The van der Waals surface area contributed by atoms with Crippen LogP contribution in [0.1, 0.15) is 18.4 Å². The third-order valence-corrected chi connectivity index (χ3v) is 4.98. The SMILES string of the molecule is CC(=O)C(Sc1ccccc1)C(c1ccccc1)C(C#N)C#N. The lowest BCUT2D eigenvalue weighted by atomic mass is 9.83. The highest BCUT2D eigenvalue weighted by Crippen LogP contribution is 2.38. The van der Waals surface area contributed by atoms with Crippen LogP contribution in [0.2, 0.25) is 0 Å². The van der Waals surface area contributed by atoms with E-state index >= 15 is 0 Å². The van der Waals surface area contributed by atoms with Gasteiger partial charge in [-0.15, -0.1) is 11.8 Å². The summed E-state index contributed by atoms with van der Waals surface area (Å²) >= 11 is 1.41. The molecule has 3 nitrogen and oxygen atoms in total. The molecule has 0 aliphatic carbocycles. The Labute approximate surface area is 140 Å². The number of thioether (sulfide) groups is 1. The largest absolute Gasteiger partial charge is 0.299 e. The standard InChI is InChI=1S/C19H16N2OS/c1-14(22)19(23-17-10-6-3-7-11-17)18(16(12-20)13-21)15-8-4-2-5-9-15/h2-11,16,18-19H,1H3. The van der Waals surface area contributed by atoms with Crippen molar-refractivity contribution in [2.24, 2.45) is 5.92 Å². The quantitative estimate of drug-likeness (QED) is 0.749. The van der Waals surface area contributed by atoms with Gasteiger partial charge in [0.05, 0.1) is 17.4 Å². The van der Waals surface area contributed by atoms with Gasteiger partial charge in [-0.05, 0) is 24.6 Å². The summed E-state index contributed by atoms with van der Waals surface area (Å²) in [7, 11) is 0. The maximum absolute atomic E-state index is 12.3. The van der Waals surface area contributed by atoms with Crippen LogP contribution in [0, 0.1) is 28.6 Å². The average molecular weight is 320 g/mol. The summed E-state index contributed by atoms with van der Waals surface area (Å²) in [4.78, 5) is 13.2. The molecule has 0 N–H and O–H groups in total. The number of rotatable bonds is 6. The monoisotopic (exact) mass is 320 g/mol. The second kappa shape index (κ2) is 8.17. The van der Waals surface area contributed by atoms with Crippen molar-refractivity contribution >= 4 is 17.5 Å². The molecule has 0 bridgehead atoms. The fourth-order valence-electron chi connectivity index (χ4n) is 2.46. The summed E-state index contributed by atoms with van der Waals surface area (Å²) in [5.74, 6) is -1.38. The number of Topliss-reactive ketones (excluding diaryl/α,β-unsaturated/α-hetero) is 1. The van der Waals surface area contributed by atoms with E-state index in [1.54, 1.807) is 0 Å². The van der Waals surface area contributed by atoms with Crippen molar-refractivity contribution in [1.29, 1.82) is 10.5 Å². The summed E-state index contributed by atoms with van der Waals surface area (Å²) in [6.45, 7) is 1.52. The first-order chi connectivity index (χ1) is 11.2. The lowest BCUT2D eigenvalue weighted by molar-refractivity contribution is -0.116. The molecule has 0 amide bonds. The molecule has 0 heterocycles. The van der Waals surface area contributed by atoms with Crippen LogP contribution >= 0.6 is 11.8 Å². The molecule has 2 rings (SSSR count). The third kappa shape index (κ3) is 4.22. The van der Waals surface area contributed by atoms with Crippen LogP contribution in [0.15, 0.2) is 65.6 Å². The molecule has 2 unspecified atom stereocenters. The van der Waals surface area contributed by atoms with E-state index in [1.807, 2.05) is 72.8 Å². The highest BCUT2D eigenvalue weighted by molar-refractivity contribution is 8.00. The van der Waals surface area contributed by atoms with Gasteiger partial charge >= 0.3 is 0 Å². The smallest absolute Gasteiger partial charge is 0.143 e. The van der Waals surface area contributed by atoms with Crippen molar-refractivity contribution in [2.75, 3.05) is 0 Å². The van der Waals surface area contributed by atoms with Gasteiger partial charge in [0, 0.05) is 10.8 Å². The number of hydrogen-bond acceptors (Lipinski definition) is 4. The van der Waals surface area contributed by atoms with Crippen molar-refractivity contribution in [2.45, 2.75) is 23.0 Å². The Kier molecular flexibility index (Phi) is 5.97. The Bertz CT molecular complexity index is 717. The molecule has 0 aliphatic heterocycles. The molecule has 0 aromatic heterocycles. The highest BCUT2D eigenvalue weighted by Gasteiger charge is 2.34. The second-order valence-electron chi connectivity index (χ2n) is 5.13. The van der Waals surface area contributed by atoms with E-state index in [0.717, 1.165) is 10.5 Å². The van der Waals surface area contributed by atoms with Crippen molar-refractivity contribution in [3.8, 4) is 12.1 Å². The Morgan fingerprint density at radius 3 is 1.96 bits per heavy atom. The molecule has 2 aromatic carbocycles. The van der Waals surface area contributed by atoms with Crippen LogP contribution in [0.4, 0.5) is 0 Å². The van der Waals surface area contributed by atoms with E-state index < -0.39 is 17.1 Å². The van der Waals surface area contributed by atoms with Gasteiger partial charge in [0.15, 0.2) is 0 Å². The minimum Gasteiger partial charge on any atom is -0.299 e. The Morgan fingerprint density at radius 1 is 0.957 bits per heavy atom. The van der Waals surface area contributed by atoms with Crippen molar-refractivity contribution < 1.29 is 4.79 Å². The average Bonchev–Trinajstić information content (AvgIpc) is 2.59. The number of benzene rings is 2. The molecule has 0 aliphatic rings. The predicted octanol–water partition coefficient (Wildman–Crippen LogP) is 4.18. The minimum atomic E-state index is -0.873. The fraction of sp³-hybridized carbons (Fsp3) is 0.211. The first-order valence-electron chi connectivity index (χ1n) is 7.23. The maximum atomic E-state index is 12.3. The van der Waals surface area contributed by atoms with Crippen LogP contribution < -0.4 is 0 Å². The first-order valence-corrected chi connectivity index (χ1v) is 8.11. The van der Waals surface area contributed by atoms with Crippen LogP contribution in [0.25, 0.3) is 0 Å². The molecular weight excluding hydrogens is 304 g/mol. The Morgan fingerprint density at radius 2 is 1.48 bits per heavy atom. The van der Waals surface area contributed by atoms with Crippen molar-refractivity contribution in [3.63, 3.8) is 0 Å². The lowest BCUT2D eigenvalue weighted by Crippen LogP contribution is -2.28. The van der Waals surface area contributed by atoms with Crippen molar-refractivity contribution in [3.05, 3.63) is 66.2 Å². The van der Waals surface area contributed by atoms with Crippen LogP contribution in [-0.2, 0) is 4.79 Å². The van der Waals surface area contributed by atoms with Crippen LogP contribution in [0.5, 0.6) is 0 Å². The van der Waals surface area contributed by atoms with Crippen molar-refractivity contribution in [1.82, 2.24) is 0 Å². The third-order valence-electron chi connectivity index (χ3n) is 3.55. The van der Waals surface area contributed by atoms with E-state index in [2.05, 4.69) is 0 Å². The van der Waals surface area contributed by atoms with Gasteiger partial charge in [0.25, 0.3) is 0 Å². The number of ketones is 1. The van der Waals surface area contributed by atoms with Gasteiger partial charge in [0.1, 0.15) is 11.7 Å². The van der Waals surface area contributed by atoms with E-state index in [-0.39, 0.29) is 5.78 Å². The summed E-state index contributed by atoms with van der Waals surface area (Å²) in [6, 6.07) is 23.0. The molecule has 114 valence electrons. The zero-order chi connectivity index (χ0) is 16.7. The topological polar surface area (TPSA) is 64.7 Å². The Hall–Kier alpha value is -2.56. The van der Waals surface area contributed by atoms with E-state index in [0.29, 0.717) is 0 Å². The number of nitrogens with zero attached hydrogens (tertiary/aromatic N) is 2. The van der Waals surface area contributed by atoms with Gasteiger partial charge in [-0.3, -0.25) is 4.79 Å². The molecule has 23 heavy (non-hydrogen) atoms. The number of carbonyl (C=O) groups excluding carboxylic acids is 1. The van der Waals surface area contributed by atoms with Gasteiger partial charge in [0.2, 0.25) is 0 Å². The normalized spacial score (nSPS) is 12.9. The van der Waals surface area contributed by atoms with Gasteiger partial charge < -0.3 is 0 Å². The molecule has 2 aromatic rings. The molecule has 0 fully saturated rings. The highest BCUT2D eigenvalue weighted by atomic mass is 32.2. The second-order valence-corrected chi connectivity index (χ2v) is 6.35. The van der Waals surface area contributed by atoms with Crippen LogP contribution in [0.3, 0.4) is 0 Å². The predicted molar refractivity (Wildman–Crippen MR) is 90.7 cm³/mol. The zero-order valence-corrected chi connectivity index (χ0v) is 13.5. The molecular formula is C19H16N2OS. The molecule has 0 saturated heterocycles. The summed E-state index contributed by atoms with van der Waals surface area (Å²) in [5.41, 5.74) is 0.837. The van der Waals surface area contributed by atoms with Gasteiger partial charge in [-0.25, -0.2) is 0 Å². The minimum absolute atomic E-state index is 0.0387. The Balaban J connectivity index is 2.43. The molecule has 0 saturated carbocycles. The summed E-state index contributed by atoms with van der Waals surface area (Å²) in [5, 5.41) is 18.2. The summed E-state index contributed by atoms with van der Waals surface area (Å²) in [6.07, 6.45) is 0.